The van der Waals surface area contributed by atoms with Crippen molar-refractivity contribution in [1.29, 1.82) is 5.26 Å². The van der Waals surface area contributed by atoms with Crippen LogP contribution in [0.15, 0.2) is 182 Å². The maximum absolute atomic E-state index is 15.2. The van der Waals surface area contributed by atoms with E-state index in [4.69, 9.17) is 6.57 Å². The largest absolute Gasteiger partial charge is 0.307 e. The number of anilines is 1. The van der Waals surface area contributed by atoms with E-state index in [0.29, 0.717) is 33.8 Å². The Morgan fingerprint density at radius 2 is 1.05 bits per heavy atom. The standard InChI is InChI=1S/C52H30N4O2/c1-54-39-20-9-19-38(30-39)41-22-11-24-43-42-23-10-21-40(37-18-8-13-33(29-37)32-53)49(42)55(50(41)43)47-26-12-25-44-48(47)52(58)56(51(44)57)46-28-27-36(34-14-4-2-5-15-34)31-45(46)35-16-6-3-7-17-35/h2-31H. The van der Waals surface area contributed by atoms with Crippen LogP contribution in [-0.4, -0.2) is 16.4 Å². The minimum atomic E-state index is -0.424. The molecule has 6 heteroatoms. The number of rotatable bonds is 6. The van der Waals surface area contributed by atoms with Crippen LogP contribution in [0.25, 0.3) is 76.8 Å². The fourth-order valence-corrected chi connectivity index (χ4v) is 8.38. The van der Waals surface area contributed by atoms with Gasteiger partial charge in [0.15, 0.2) is 5.69 Å². The Kier molecular flexibility index (Phi) is 8.11. The SMILES string of the molecule is [C-]#[N+]c1cccc(-c2cccc3c4cccc(-c5cccc(C#N)c5)c4n(-c4cccc5c4C(=O)N(c4ccc(-c6ccccc6)cc4-c4ccccc4)C5=O)c23)c1. The number of imide groups is 1. The second-order valence-corrected chi connectivity index (χ2v) is 14.2. The number of fused-ring (bicyclic) bond motifs is 4. The molecule has 0 spiro atoms. The van der Waals surface area contributed by atoms with Gasteiger partial charge in [-0.25, -0.2) is 9.74 Å². The van der Waals surface area contributed by atoms with Gasteiger partial charge < -0.3 is 4.57 Å². The zero-order valence-corrected chi connectivity index (χ0v) is 30.9. The first kappa shape index (κ1) is 34.2. The Hall–Kier alpha value is -8.32. The fraction of sp³-hybridized carbons (Fsp3) is 0. The van der Waals surface area contributed by atoms with Crippen molar-refractivity contribution in [1.82, 2.24) is 4.57 Å². The van der Waals surface area contributed by atoms with Gasteiger partial charge in [0.25, 0.3) is 11.8 Å². The lowest BCUT2D eigenvalue weighted by molar-refractivity contribution is 0.0926. The molecule has 58 heavy (non-hydrogen) atoms. The summed E-state index contributed by atoms with van der Waals surface area (Å²) in [5.41, 5.74) is 11.4. The Balaban J connectivity index is 1.25. The highest BCUT2D eigenvalue weighted by Gasteiger charge is 2.40. The van der Waals surface area contributed by atoms with Crippen LogP contribution in [0.5, 0.6) is 0 Å². The number of nitrogens with zero attached hydrogens (tertiary/aromatic N) is 4. The van der Waals surface area contributed by atoms with E-state index in [1.54, 1.807) is 18.2 Å². The van der Waals surface area contributed by atoms with Crippen molar-refractivity contribution in [2.75, 3.05) is 4.90 Å². The molecule has 0 fully saturated rings. The maximum atomic E-state index is 15.2. The summed E-state index contributed by atoms with van der Waals surface area (Å²) < 4.78 is 2.10. The maximum Gasteiger partial charge on any atom is 0.268 e. The van der Waals surface area contributed by atoms with Gasteiger partial charge in [-0.3, -0.25) is 9.59 Å². The average Bonchev–Trinajstić information content (AvgIpc) is 3.77. The molecule has 8 aromatic carbocycles. The number of carbonyl (C=O) groups excluding carboxylic acids is 2. The van der Waals surface area contributed by atoms with Crippen molar-refractivity contribution < 1.29 is 9.59 Å². The number of amides is 2. The lowest BCUT2D eigenvalue weighted by Gasteiger charge is -2.20. The Bertz CT molecular complexity index is 3130. The van der Waals surface area contributed by atoms with Crippen LogP contribution in [0, 0.1) is 17.9 Å². The third-order valence-corrected chi connectivity index (χ3v) is 11.0. The summed E-state index contributed by atoms with van der Waals surface area (Å²) in [6, 6.07) is 60.7. The monoisotopic (exact) mass is 742 g/mol. The van der Waals surface area contributed by atoms with Gasteiger partial charge in [-0.05, 0) is 70.3 Å². The van der Waals surface area contributed by atoms with Gasteiger partial charge in [0.1, 0.15) is 0 Å². The molecular formula is C52H30N4O2. The van der Waals surface area contributed by atoms with Crippen LogP contribution < -0.4 is 4.90 Å². The lowest BCUT2D eigenvalue weighted by Crippen LogP contribution is -2.30. The third-order valence-electron chi connectivity index (χ3n) is 11.0. The molecule has 2 amide bonds. The van der Waals surface area contributed by atoms with Crippen LogP contribution in [0.3, 0.4) is 0 Å². The first-order valence-electron chi connectivity index (χ1n) is 18.9. The highest BCUT2D eigenvalue weighted by Crippen LogP contribution is 2.45. The first-order valence-corrected chi connectivity index (χ1v) is 18.9. The molecule has 0 N–H and O–H groups in total. The second kappa shape index (κ2) is 13.8. The summed E-state index contributed by atoms with van der Waals surface area (Å²) in [7, 11) is 0. The molecule has 270 valence electrons. The fourth-order valence-electron chi connectivity index (χ4n) is 8.38. The predicted octanol–water partition coefficient (Wildman–Crippen LogP) is 12.7. The molecule has 9 aromatic rings. The number of hydrogen-bond donors (Lipinski definition) is 0. The van der Waals surface area contributed by atoms with Crippen LogP contribution >= 0.6 is 0 Å². The zero-order valence-electron chi connectivity index (χ0n) is 30.9. The summed E-state index contributed by atoms with van der Waals surface area (Å²) in [4.78, 5) is 35.0. The number of hydrogen-bond acceptors (Lipinski definition) is 3. The summed E-state index contributed by atoms with van der Waals surface area (Å²) in [5.74, 6) is -0.828. The van der Waals surface area contributed by atoms with Crippen molar-refractivity contribution >= 4 is 45.0 Å². The van der Waals surface area contributed by atoms with Crippen LogP contribution in [-0.2, 0) is 0 Å². The van der Waals surface area contributed by atoms with E-state index in [2.05, 4.69) is 27.6 Å². The van der Waals surface area contributed by atoms with Crippen molar-refractivity contribution in [3.63, 3.8) is 0 Å². The van der Waals surface area contributed by atoms with E-state index < -0.39 is 11.8 Å². The van der Waals surface area contributed by atoms with Gasteiger partial charge in [0.05, 0.1) is 51.7 Å². The van der Waals surface area contributed by atoms with Gasteiger partial charge in [0.2, 0.25) is 0 Å². The van der Waals surface area contributed by atoms with Crippen molar-refractivity contribution in [2.45, 2.75) is 0 Å². The van der Waals surface area contributed by atoms with Gasteiger partial charge in [-0.1, -0.05) is 140 Å². The second-order valence-electron chi connectivity index (χ2n) is 14.2. The molecule has 6 nitrogen and oxygen atoms in total. The smallest absolute Gasteiger partial charge is 0.268 e. The average molecular weight is 743 g/mol. The summed E-state index contributed by atoms with van der Waals surface area (Å²) >= 11 is 0. The predicted molar refractivity (Wildman–Crippen MR) is 231 cm³/mol. The molecule has 10 rings (SSSR count). The van der Waals surface area contributed by atoms with Crippen molar-refractivity contribution in [3.05, 3.63) is 210 Å². The highest BCUT2D eigenvalue weighted by molar-refractivity contribution is 6.36. The number of benzene rings is 8. The minimum absolute atomic E-state index is 0.294. The molecule has 0 unspecified atom stereocenters. The molecule has 1 aromatic heterocycles. The number of carbonyl (C=O) groups is 2. The van der Waals surface area contributed by atoms with E-state index in [-0.39, 0.29) is 0 Å². The van der Waals surface area contributed by atoms with Gasteiger partial charge in [-0.2, -0.15) is 5.26 Å². The van der Waals surface area contributed by atoms with E-state index in [1.807, 2.05) is 152 Å². The minimum Gasteiger partial charge on any atom is -0.307 e. The molecular weight excluding hydrogens is 713 g/mol. The quantitative estimate of drug-likeness (QED) is 0.126. The molecule has 1 aliphatic rings. The van der Waals surface area contributed by atoms with Gasteiger partial charge in [-0.15, -0.1) is 0 Å². The van der Waals surface area contributed by atoms with Crippen LogP contribution in [0.4, 0.5) is 11.4 Å². The highest BCUT2D eigenvalue weighted by atomic mass is 16.2. The molecule has 0 saturated heterocycles. The van der Waals surface area contributed by atoms with Crippen LogP contribution in [0.2, 0.25) is 0 Å². The summed E-state index contributed by atoms with van der Waals surface area (Å²) in [5, 5.41) is 11.7. The topological polar surface area (TPSA) is 70.5 Å². The molecule has 0 aliphatic carbocycles. The molecule has 0 radical (unpaired) electrons. The Morgan fingerprint density at radius 1 is 0.466 bits per heavy atom. The van der Waals surface area contributed by atoms with E-state index >= 15 is 4.79 Å². The van der Waals surface area contributed by atoms with Crippen LogP contribution in [0.1, 0.15) is 26.3 Å². The summed E-state index contributed by atoms with van der Waals surface area (Å²) in [6.07, 6.45) is 0. The number of aromatic nitrogens is 1. The molecule has 0 saturated carbocycles. The zero-order chi connectivity index (χ0) is 39.3. The Morgan fingerprint density at radius 3 is 1.72 bits per heavy atom. The molecule has 0 atom stereocenters. The van der Waals surface area contributed by atoms with E-state index in [9.17, 15) is 10.1 Å². The van der Waals surface area contributed by atoms with Gasteiger partial charge >= 0.3 is 0 Å². The first-order chi connectivity index (χ1) is 28.5. The van der Waals surface area contributed by atoms with Crippen molar-refractivity contribution in [3.8, 4) is 56.3 Å². The van der Waals surface area contributed by atoms with E-state index in [0.717, 1.165) is 66.3 Å². The molecule has 0 bridgehead atoms. The number of para-hydroxylation sites is 2. The Labute approximate surface area is 334 Å². The lowest BCUT2D eigenvalue weighted by atomic mass is 9.97. The number of nitriles is 1. The van der Waals surface area contributed by atoms with Crippen molar-refractivity contribution in [2.24, 2.45) is 0 Å². The molecule has 2 heterocycles. The molecule has 1 aliphatic heterocycles. The van der Waals surface area contributed by atoms with Gasteiger partial charge in [0, 0.05) is 27.5 Å². The third kappa shape index (κ3) is 5.40. The van der Waals surface area contributed by atoms with E-state index in [1.165, 1.54) is 4.90 Å². The summed E-state index contributed by atoms with van der Waals surface area (Å²) in [6.45, 7) is 7.75. The normalized spacial score (nSPS) is 12.1.